The number of hydrogen-bond acceptors (Lipinski definition) is 8. The van der Waals surface area contributed by atoms with Crippen LogP contribution in [-0.4, -0.2) is 75.1 Å². The van der Waals surface area contributed by atoms with Crippen molar-refractivity contribution in [1.82, 2.24) is 34.7 Å². The van der Waals surface area contributed by atoms with Gasteiger partial charge in [0, 0.05) is 58.6 Å². The number of carbonyl (C=O) groups is 1. The lowest BCUT2D eigenvalue weighted by atomic mass is 10.1. The normalized spacial score (nSPS) is 16.0. The first-order valence-corrected chi connectivity index (χ1v) is 11.6. The molecule has 1 fully saturated rings. The zero-order valence-corrected chi connectivity index (χ0v) is 20.4. The third-order valence-corrected chi connectivity index (χ3v) is 6.27. The molecule has 10 heteroatoms. The highest BCUT2D eigenvalue weighted by Gasteiger charge is 2.23. The number of nitrogen functional groups attached to an aromatic ring is 1. The number of hydrogen-bond donors (Lipinski definition) is 2. The van der Waals surface area contributed by atoms with Gasteiger partial charge in [-0.15, -0.1) is 0 Å². The Hall–Kier alpha value is -4.05. The standard InChI is InChI=1S/C25H29N9O/c1-15-14-34(11-10-27-15)20-7-5-6-17-22(20)33(4)24(31-17)21-23(26)29-13-19(30-21)18-12-16(8-9-28-18)25(35)32(2)3/h5-9,12-13,15,27H,10-11,14H2,1-4H3,(H2,26,29)/t15-/m0/s1. The number of piperazine rings is 1. The molecule has 1 atom stereocenters. The Kier molecular flexibility index (Phi) is 5.81. The number of amides is 1. The SMILES string of the molecule is C[C@H]1CN(c2cccc3nc(-c4nc(-c5cc(C(=O)N(C)C)ccn5)cnc4N)n(C)c23)CCN1. The van der Waals surface area contributed by atoms with E-state index >= 15 is 0 Å². The van der Waals surface area contributed by atoms with E-state index in [1.54, 1.807) is 38.6 Å². The van der Waals surface area contributed by atoms with Gasteiger partial charge >= 0.3 is 0 Å². The van der Waals surface area contributed by atoms with E-state index in [9.17, 15) is 4.79 Å². The first-order valence-electron chi connectivity index (χ1n) is 11.6. The van der Waals surface area contributed by atoms with Crippen molar-refractivity contribution in [1.29, 1.82) is 0 Å². The van der Waals surface area contributed by atoms with Crippen LogP contribution in [0.4, 0.5) is 11.5 Å². The molecule has 0 bridgehead atoms. The minimum absolute atomic E-state index is 0.109. The summed E-state index contributed by atoms with van der Waals surface area (Å²) in [6.45, 7) is 4.98. The third-order valence-electron chi connectivity index (χ3n) is 6.27. The number of nitrogens with one attached hydrogen (secondary N) is 1. The molecule has 5 rings (SSSR count). The zero-order valence-electron chi connectivity index (χ0n) is 20.4. The lowest BCUT2D eigenvalue weighted by Gasteiger charge is -2.34. The first-order chi connectivity index (χ1) is 16.8. The van der Waals surface area contributed by atoms with Gasteiger partial charge in [-0.3, -0.25) is 9.78 Å². The van der Waals surface area contributed by atoms with Crippen molar-refractivity contribution in [3.63, 3.8) is 0 Å². The van der Waals surface area contributed by atoms with E-state index in [4.69, 9.17) is 15.7 Å². The summed E-state index contributed by atoms with van der Waals surface area (Å²) in [5.74, 6) is 0.801. The van der Waals surface area contributed by atoms with Crippen molar-refractivity contribution >= 4 is 28.4 Å². The molecule has 0 aliphatic carbocycles. The van der Waals surface area contributed by atoms with Crippen LogP contribution in [-0.2, 0) is 7.05 Å². The molecular formula is C25H29N9O. The van der Waals surface area contributed by atoms with E-state index < -0.39 is 0 Å². The van der Waals surface area contributed by atoms with Crippen LogP contribution in [0.25, 0.3) is 33.9 Å². The Morgan fingerprint density at radius 3 is 2.77 bits per heavy atom. The third kappa shape index (κ3) is 4.17. The molecule has 0 saturated carbocycles. The summed E-state index contributed by atoms with van der Waals surface area (Å²) < 4.78 is 2.03. The quantitative estimate of drug-likeness (QED) is 0.465. The van der Waals surface area contributed by atoms with Gasteiger partial charge in [-0.25, -0.2) is 15.0 Å². The van der Waals surface area contributed by atoms with Crippen molar-refractivity contribution in [3.8, 4) is 22.9 Å². The zero-order chi connectivity index (χ0) is 24.7. The number of pyridine rings is 1. The second-order valence-corrected chi connectivity index (χ2v) is 9.06. The van der Waals surface area contributed by atoms with Crippen LogP contribution < -0.4 is 16.0 Å². The van der Waals surface area contributed by atoms with Gasteiger partial charge in [-0.2, -0.15) is 0 Å². The number of anilines is 2. The highest BCUT2D eigenvalue weighted by Crippen LogP contribution is 2.33. The van der Waals surface area contributed by atoms with E-state index in [0.29, 0.717) is 34.5 Å². The predicted molar refractivity (Wildman–Crippen MR) is 137 cm³/mol. The van der Waals surface area contributed by atoms with Gasteiger partial charge in [0.25, 0.3) is 5.91 Å². The summed E-state index contributed by atoms with van der Waals surface area (Å²) in [7, 11) is 5.40. The molecule has 1 aliphatic rings. The number of nitrogens with zero attached hydrogens (tertiary/aromatic N) is 7. The summed E-state index contributed by atoms with van der Waals surface area (Å²) in [5.41, 5.74) is 11.4. The fourth-order valence-electron chi connectivity index (χ4n) is 4.51. The van der Waals surface area contributed by atoms with E-state index in [-0.39, 0.29) is 11.7 Å². The maximum Gasteiger partial charge on any atom is 0.253 e. The Bertz CT molecular complexity index is 1410. The van der Waals surface area contributed by atoms with Crippen LogP contribution >= 0.6 is 0 Å². The Balaban J connectivity index is 1.59. The first kappa shape index (κ1) is 22.7. The maximum atomic E-state index is 12.4. The van der Waals surface area contributed by atoms with Crippen LogP contribution in [0.1, 0.15) is 17.3 Å². The van der Waals surface area contributed by atoms with E-state index in [0.717, 1.165) is 36.4 Å². The largest absolute Gasteiger partial charge is 0.382 e. The summed E-state index contributed by atoms with van der Waals surface area (Å²) in [6.07, 6.45) is 3.17. The molecule has 0 spiro atoms. The summed E-state index contributed by atoms with van der Waals surface area (Å²) in [6, 6.07) is 9.97. The number of aromatic nitrogens is 5. The molecule has 1 aliphatic heterocycles. The van der Waals surface area contributed by atoms with Gasteiger partial charge in [0.15, 0.2) is 11.6 Å². The number of aryl methyl sites for hydroxylation is 1. The number of benzene rings is 1. The van der Waals surface area contributed by atoms with Crippen LogP contribution in [0.5, 0.6) is 0 Å². The van der Waals surface area contributed by atoms with Crippen molar-refractivity contribution in [2.75, 3.05) is 44.4 Å². The Morgan fingerprint density at radius 1 is 1.17 bits per heavy atom. The monoisotopic (exact) mass is 471 g/mol. The molecule has 10 nitrogen and oxygen atoms in total. The number of rotatable bonds is 4. The molecule has 4 aromatic rings. The average Bonchev–Trinajstić information content (AvgIpc) is 3.20. The van der Waals surface area contributed by atoms with Gasteiger partial charge in [0.2, 0.25) is 0 Å². The van der Waals surface area contributed by atoms with E-state index in [1.807, 2.05) is 23.7 Å². The number of nitrogens with two attached hydrogens (primary N) is 1. The van der Waals surface area contributed by atoms with Crippen molar-refractivity contribution in [2.45, 2.75) is 13.0 Å². The van der Waals surface area contributed by atoms with Crippen molar-refractivity contribution in [2.24, 2.45) is 7.05 Å². The van der Waals surface area contributed by atoms with Gasteiger partial charge < -0.3 is 25.4 Å². The fourth-order valence-corrected chi connectivity index (χ4v) is 4.51. The second kappa shape index (κ2) is 8.95. The molecule has 1 amide bonds. The molecule has 3 N–H and O–H groups in total. The Labute approximate surface area is 203 Å². The fraction of sp³-hybridized carbons (Fsp3) is 0.320. The number of para-hydroxylation sites is 1. The van der Waals surface area contributed by atoms with Crippen LogP contribution in [0, 0.1) is 0 Å². The van der Waals surface area contributed by atoms with Crippen LogP contribution in [0.15, 0.2) is 42.7 Å². The van der Waals surface area contributed by atoms with Gasteiger partial charge in [0.05, 0.1) is 28.6 Å². The summed E-state index contributed by atoms with van der Waals surface area (Å²) >= 11 is 0. The molecular weight excluding hydrogens is 442 g/mol. The summed E-state index contributed by atoms with van der Waals surface area (Å²) in [5, 5.41) is 3.49. The molecule has 0 unspecified atom stereocenters. The maximum absolute atomic E-state index is 12.4. The molecule has 1 aromatic carbocycles. The number of carbonyl (C=O) groups excluding carboxylic acids is 1. The molecule has 1 saturated heterocycles. The molecule has 0 radical (unpaired) electrons. The van der Waals surface area contributed by atoms with Gasteiger partial charge in [0.1, 0.15) is 11.4 Å². The van der Waals surface area contributed by atoms with Crippen LogP contribution in [0.2, 0.25) is 0 Å². The van der Waals surface area contributed by atoms with Crippen molar-refractivity contribution in [3.05, 3.63) is 48.3 Å². The number of fused-ring (bicyclic) bond motifs is 1. The topological polar surface area (TPSA) is 118 Å². The van der Waals surface area contributed by atoms with E-state index in [2.05, 4.69) is 33.2 Å². The highest BCUT2D eigenvalue weighted by atomic mass is 16.2. The van der Waals surface area contributed by atoms with Crippen LogP contribution in [0.3, 0.4) is 0 Å². The minimum atomic E-state index is -0.109. The lowest BCUT2D eigenvalue weighted by molar-refractivity contribution is 0.0827. The number of imidazole rings is 1. The van der Waals surface area contributed by atoms with Crippen molar-refractivity contribution < 1.29 is 4.79 Å². The second-order valence-electron chi connectivity index (χ2n) is 9.06. The summed E-state index contributed by atoms with van der Waals surface area (Å²) in [4.78, 5) is 34.8. The molecule has 35 heavy (non-hydrogen) atoms. The van der Waals surface area contributed by atoms with E-state index in [1.165, 1.54) is 4.90 Å². The van der Waals surface area contributed by atoms with Gasteiger partial charge in [-0.1, -0.05) is 6.07 Å². The Morgan fingerprint density at radius 2 is 2.00 bits per heavy atom. The molecule has 180 valence electrons. The highest BCUT2D eigenvalue weighted by molar-refractivity contribution is 5.95. The predicted octanol–water partition coefficient (Wildman–Crippen LogP) is 2.17. The molecule has 4 heterocycles. The minimum Gasteiger partial charge on any atom is -0.382 e. The van der Waals surface area contributed by atoms with Gasteiger partial charge in [-0.05, 0) is 31.2 Å². The average molecular weight is 472 g/mol. The molecule has 3 aromatic heterocycles. The smallest absolute Gasteiger partial charge is 0.253 e. The lowest BCUT2D eigenvalue weighted by Crippen LogP contribution is -2.49.